The summed E-state index contributed by atoms with van der Waals surface area (Å²) in [5, 5.41) is 7.87. The number of ketones is 3. The van der Waals surface area contributed by atoms with E-state index in [0.29, 0.717) is 59.8 Å². The Hall–Kier alpha value is -7.50. The second-order valence-corrected chi connectivity index (χ2v) is 21.7. The van der Waals surface area contributed by atoms with Crippen LogP contribution in [0.25, 0.3) is 21.7 Å². The maximum atomic E-state index is 14.4. The van der Waals surface area contributed by atoms with Gasteiger partial charge < -0.3 is 35.1 Å². The molecule has 18 heteroatoms. The van der Waals surface area contributed by atoms with Crippen molar-refractivity contribution in [3.8, 4) is 5.75 Å². The third-order valence-electron chi connectivity index (χ3n) is 14.5. The van der Waals surface area contributed by atoms with E-state index in [9.17, 15) is 43.2 Å². The summed E-state index contributed by atoms with van der Waals surface area (Å²) < 4.78 is 6.06. The number of H-pyrrole nitrogens is 1. The van der Waals surface area contributed by atoms with Crippen LogP contribution in [0.15, 0.2) is 91.0 Å². The van der Waals surface area contributed by atoms with Gasteiger partial charge in [-0.2, -0.15) is 0 Å². The number of benzene rings is 4. The van der Waals surface area contributed by atoms with Crippen LogP contribution < -0.4 is 20.3 Å². The highest BCUT2D eigenvalue weighted by Crippen LogP contribution is 2.46. The molecular weight excluding hydrogens is 1000 g/mol. The number of likely N-dealkylation sites (N-methyl/N-ethyl adjacent to an activating group) is 1. The molecule has 4 atom stereocenters. The second kappa shape index (κ2) is 24.2. The molecule has 1 fully saturated rings. The molecule has 8 rings (SSSR count). The number of carbonyl (C=O) groups is 9. The lowest BCUT2D eigenvalue weighted by Gasteiger charge is -2.31. The van der Waals surface area contributed by atoms with Gasteiger partial charge in [-0.05, 0) is 72.0 Å². The van der Waals surface area contributed by atoms with Crippen LogP contribution in [-0.4, -0.2) is 137 Å². The van der Waals surface area contributed by atoms with Crippen molar-refractivity contribution in [3.63, 3.8) is 0 Å². The fourth-order valence-corrected chi connectivity index (χ4v) is 10.5. The van der Waals surface area contributed by atoms with Gasteiger partial charge in [0.1, 0.15) is 18.0 Å². The molecule has 4 aromatic carbocycles. The molecule has 0 radical (unpaired) electrons. The minimum atomic E-state index is -0.952. The van der Waals surface area contributed by atoms with Gasteiger partial charge >= 0.3 is 6.09 Å². The van der Waals surface area contributed by atoms with Crippen molar-refractivity contribution >= 4 is 91.9 Å². The first-order chi connectivity index (χ1) is 36.8. The Morgan fingerprint density at radius 2 is 1.38 bits per heavy atom. The first-order valence-corrected chi connectivity index (χ1v) is 26.8. The Morgan fingerprint density at radius 3 is 2.03 bits per heavy atom. The highest BCUT2D eigenvalue weighted by Gasteiger charge is 2.37. The number of nitrogens with one attached hydrogen (secondary N) is 3. The summed E-state index contributed by atoms with van der Waals surface area (Å²) in [5.74, 6) is -3.76. The lowest BCUT2D eigenvalue weighted by atomic mass is 9.92. The Balaban J connectivity index is 0.882. The normalized spacial score (nSPS) is 16.8. The van der Waals surface area contributed by atoms with Gasteiger partial charge in [0, 0.05) is 110 Å². The minimum absolute atomic E-state index is 0.000984. The van der Waals surface area contributed by atoms with Gasteiger partial charge in [0.05, 0.1) is 17.8 Å². The van der Waals surface area contributed by atoms with Crippen molar-refractivity contribution in [2.24, 2.45) is 17.8 Å². The van der Waals surface area contributed by atoms with Crippen molar-refractivity contribution in [2.45, 2.75) is 84.7 Å². The lowest BCUT2D eigenvalue weighted by Crippen LogP contribution is -2.48. The van der Waals surface area contributed by atoms with E-state index in [0.717, 1.165) is 57.4 Å². The van der Waals surface area contributed by atoms with Crippen molar-refractivity contribution in [2.75, 3.05) is 57.1 Å². The monoisotopic (exact) mass is 1070 g/mol. The molecule has 0 bridgehead atoms. The topological polar surface area (TPSA) is 216 Å². The van der Waals surface area contributed by atoms with E-state index >= 15 is 0 Å². The Kier molecular flexibility index (Phi) is 17.5. The van der Waals surface area contributed by atoms with Crippen LogP contribution in [0.5, 0.6) is 5.75 Å². The standard InChI is InChI=1S/C59H66ClN7O10/c1-34(2)23-45(62-53(71)33-67-54(72)17-18-55(67)73)50(69)25-36(5)57(74)63-46(24-35(3)4)51(70)27-37-11-14-39(15-12-37)49(68)28-38-13-16-44-40(26-38)29-47(61-44)58(75)66-32-41(31-60)56-43-10-8-7-9-42(43)52(30-48(56)66)77-59(76)65-21-19-64(6)20-22-65/h7-18,26,29-30,34-36,41,45-46,61H,19-25,27-28,31-33H2,1-6H3,(H,62,71)(H,63,74)/t36-,41-,45+,46+/m1/s1. The van der Waals surface area contributed by atoms with Crippen molar-refractivity contribution in [3.05, 3.63) is 119 Å². The van der Waals surface area contributed by atoms with Gasteiger partial charge in [-0.3, -0.25) is 43.3 Å². The summed E-state index contributed by atoms with van der Waals surface area (Å²) in [6, 6.07) is 21.8. The number of piperazine rings is 1. The SMILES string of the molecule is CC(C)C[C@H](NC(=O)CN1C(=O)C=CC1=O)C(=O)C[C@@H](C)C(=O)N[C@@H](CC(C)C)C(=O)Cc1ccc(C(=O)Cc2ccc3[nH]c(C(=O)N4C[C@@H](CCl)c5c4cc(OC(=O)N4CCN(C)CC4)c4ccccc54)cc3c2)cc1. The van der Waals surface area contributed by atoms with Gasteiger partial charge in [0.15, 0.2) is 17.3 Å². The average Bonchev–Trinajstić information content (AvgIpc) is 4.14. The highest BCUT2D eigenvalue weighted by atomic mass is 35.5. The van der Waals surface area contributed by atoms with E-state index in [1.54, 1.807) is 53.1 Å². The molecule has 1 aromatic heterocycles. The first kappa shape index (κ1) is 55.7. The Morgan fingerprint density at radius 1 is 0.740 bits per heavy atom. The number of carbonyl (C=O) groups excluding carboxylic acids is 9. The zero-order valence-electron chi connectivity index (χ0n) is 44.4. The number of alkyl halides is 1. The number of hydrogen-bond donors (Lipinski definition) is 3. The summed E-state index contributed by atoms with van der Waals surface area (Å²) in [6.45, 7) is 11.6. The van der Waals surface area contributed by atoms with Gasteiger partial charge in [-0.1, -0.05) is 89.2 Å². The van der Waals surface area contributed by atoms with Crippen LogP contribution in [-0.2, 0) is 41.6 Å². The molecule has 1 saturated heterocycles. The first-order valence-electron chi connectivity index (χ1n) is 26.3. The number of aromatic nitrogens is 1. The maximum Gasteiger partial charge on any atom is 0.415 e. The summed E-state index contributed by atoms with van der Waals surface area (Å²) >= 11 is 6.57. The number of halogens is 1. The minimum Gasteiger partial charge on any atom is -0.409 e. The van der Waals surface area contributed by atoms with E-state index in [-0.39, 0.29) is 66.8 Å². The quantitative estimate of drug-likeness (QED) is 0.0381. The van der Waals surface area contributed by atoms with Crippen LogP contribution in [0.1, 0.15) is 97.3 Å². The Labute approximate surface area is 452 Å². The molecule has 5 aromatic rings. The van der Waals surface area contributed by atoms with E-state index in [2.05, 4.69) is 20.5 Å². The molecule has 3 aliphatic heterocycles. The largest absolute Gasteiger partial charge is 0.415 e. The van der Waals surface area contributed by atoms with E-state index in [1.807, 2.05) is 77.2 Å². The van der Waals surface area contributed by atoms with Crippen LogP contribution in [0, 0.1) is 17.8 Å². The van der Waals surface area contributed by atoms with Crippen LogP contribution in [0.2, 0.25) is 0 Å². The fourth-order valence-electron chi connectivity index (χ4n) is 10.2. The van der Waals surface area contributed by atoms with E-state index in [1.165, 1.54) is 0 Å². The number of aromatic amines is 1. The number of imide groups is 1. The zero-order valence-corrected chi connectivity index (χ0v) is 45.1. The lowest BCUT2D eigenvalue weighted by molar-refractivity contribution is -0.141. The molecule has 77 heavy (non-hydrogen) atoms. The van der Waals surface area contributed by atoms with Gasteiger partial charge in [0.25, 0.3) is 17.7 Å². The molecule has 4 heterocycles. The summed E-state index contributed by atoms with van der Waals surface area (Å²) in [7, 11) is 2.02. The zero-order chi connectivity index (χ0) is 55.2. The highest BCUT2D eigenvalue weighted by molar-refractivity contribution is 6.19. The number of hydrogen-bond acceptors (Lipinski definition) is 11. The molecule has 0 aliphatic carbocycles. The molecule has 3 N–H and O–H groups in total. The van der Waals surface area contributed by atoms with Crippen molar-refractivity contribution < 1.29 is 47.9 Å². The van der Waals surface area contributed by atoms with Crippen molar-refractivity contribution in [1.82, 2.24) is 30.3 Å². The molecule has 6 amide bonds. The smallest absolute Gasteiger partial charge is 0.409 e. The summed E-state index contributed by atoms with van der Waals surface area (Å²) in [5.41, 5.74) is 4.44. The van der Waals surface area contributed by atoms with Crippen LogP contribution in [0.4, 0.5) is 10.5 Å². The average molecular weight is 1070 g/mol. The summed E-state index contributed by atoms with van der Waals surface area (Å²) in [4.78, 5) is 129. The maximum absolute atomic E-state index is 14.4. The number of fused-ring (bicyclic) bond motifs is 4. The Bertz CT molecular complexity index is 3140. The number of nitrogens with zero attached hydrogens (tertiary/aromatic N) is 4. The summed E-state index contributed by atoms with van der Waals surface area (Å²) in [6.07, 6.45) is 2.19. The molecule has 0 spiro atoms. The van der Waals surface area contributed by atoms with E-state index in [4.69, 9.17) is 16.3 Å². The fraction of sp³-hybridized carbons (Fsp3) is 0.407. The second-order valence-electron chi connectivity index (χ2n) is 21.4. The molecule has 0 saturated carbocycles. The van der Waals surface area contributed by atoms with Gasteiger partial charge in [-0.25, -0.2) is 4.79 Å². The molecular formula is C59H66ClN7O10. The third kappa shape index (κ3) is 13.2. The van der Waals surface area contributed by atoms with Crippen LogP contribution >= 0.6 is 11.6 Å². The number of rotatable bonds is 21. The van der Waals surface area contributed by atoms with Crippen molar-refractivity contribution in [1.29, 1.82) is 0 Å². The number of amides is 6. The number of ether oxygens (including phenoxy) is 1. The van der Waals surface area contributed by atoms with Crippen LogP contribution in [0.3, 0.4) is 0 Å². The predicted molar refractivity (Wildman–Crippen MR) is 293 cm³/mol. The van der Waals surface area contributed by atoms with Gasteiger partial charge in [-0.15, -0.1) is 11.6 Å². The predicted octanol–water partition coefficient (Wildman–Crippen LogP) is 7.17. The number of Topliss-reactive ketones (excluding diaryl/α,β-unsaturated/α-hetero) is 3. The molecule has 0 unspecified atom stereocenters. The molecule has 17 nitrogen and oxygen atoms in total. The molecule has 404 valence electrons. The molecule has 3 aliphatic rings. The third-order valence-corrected chi connectivity index (χ3v) is 14.8. The number of anilines is 1. The van der Waals surface area contributed by atoms with E-state index < -0.39 is 60.1 Å². The van der Waals surface area contributed by atoms with Gasteiger partial charge in [0.2, 0.25) is 11.8 Å².